The van der Waals surface area contributed by atoms with Crippen LogP contribution < -0.4 is 5.32 Å². The molecule has 1 rings (SSSR count). The Morgan fingerprint density at radius 3 is 2.50 bits per heavy atom. The second-order valence-electron chi connectivity index (χ2n) is 5.79. The molecule has 0 aliphatic heterocycles. The van der Waals surface area contributed by atoms with Gasteiger partial charge in [0.05, 0.1) is 12.8 Å². The lowest BCUT2D eigenvalue weighted by Crippen LogP contribution is -2.38. The van der Waals surface area contributed by atoms with Crippen molar-refractivity contribution >= 4 is 37.5 Å². The monoisotopic (exact) mass is 390 g/mol. The second-order valence-corrected chi connectivity index (χ2v) is 8.63. The van der Waals surface area contributed by atoms with Gasteiger partial charge in [0.15, 0.2) is 0 Å². The van der Waals surface area contributed by atoms with E-state index in [0.29, 0.717) is 18.2 Å². The summed E-state index contributed by atoms with van der Waals surface area (Å²) in [5.41, 5.74) is 1.65. The van der Waals surface area contributed by atoms with E-state index < -0.39 is 10.0 Å². The molecule has 0 aliphatic rings. The SMILES string of the molecule is Cc1cc(NC(=O)CN(CCC(C)C)S(C)(=O)=O)ccc1Br. The summed E-state index contributed by atoms with van der Waals surface area (Å²) in [5.74, 6) is 0.0392. The molecular formula is C15H23BrN2O3S. The van der Waals surface area contributed by atoms with Crippen LogP contribution in [0.1, 0.15) is 25.8 Å². The van der Waals surface area contributed by atoms with Gasteiger partial charge in [-0.3, -0.25) is 4.79 Å². The zero-order valence-corrected chi connectivity index (χ0v) is 15.8. The van der Waals surface area contributed by atoms with Gasteiger partial charge in [-0.05, 0) is 43.0 Å². The van der Waals surface area contributed by atoms with Crippen LogP contribution in [0.15, 0.2) is 22.7 Å². The third-order valence-corrected chi connectivity index (χ3v) is 5.33. The minimum atomic E-state index is -3.40. The summed E-state index contributed by atoms with van der Waals surface area (Å²) in [6, 6.07) is 5.45. The quantitative estimate of drug-likeness (QED) is 0.777. The molecule has 1 aromatic rings. The Hall–Kier alpha value is -0.920. The summed E-state index contributed by atoms with van der Waals surface area (Å²) in [7, 11) is -3.40. The van der Waals surface area contributed by atoms with Crippen LogP contribution in [-0.2, 0) is 14.8 Å². The maximum Gasteiger partial charge on any atom is 0.239 e. The van der Waals surface area contributed by atoms with Crippen molar-refractivity contribution in [1.29, 1.82) is 0 Å². The Kier molecular flexibility index (Phi) is 7.02. The lowest BCUT2D eigenvalue weighted by atomic mass is 10.1. The highest BCUT2D eigenvalue weighted by atomic mass is 79.9. The molecule has 1 amide bonds. The molecule has 7 heteroatoms. The minimum Gasteiger partial charge on any atom is -0.325 e. The van der Waals surface area contributed by atoms with Gasteiger partial charge < -0.3 is 5.32 Å². The fraction of sp³-hybridized carbons (Fsp3) is 0.533. The van der Waals surface area contributed by atoms with Gasteiger partial charge in [-0.2, -0.15) is 4.31 Å². The first-order chi connectivity index (χ1) is 10.1. The number of rotatable bonds is 7. The fourth-order valence-corrected chi connectivity index (χ4v) is 2.88. The van der Waals surface area contributed by atoms with Crippen LogP contribution in [0, 0.1) is 12.8 Å². The highest BCUT2D eigenvalue weighted by Gasteiger charge is 2.20. The molecule has 0 radical (unpaired) electrons. The Morgan fingerprint density at radius 2 is 2.00 bits per heavy atom. The molecule has 0 bridgehead atoms. The molecule has 1 aromatic carbocycles. The topological polar surface area (TPSA) is 66.5 Å². The first-order valence-electron chi connectivity index (χ1n) is 7.10. The zero-order valence-electron chi connectivity index (χ0n) is 13.4. The van der Waals surface area contributed by atoms with Gasteiger partial charge in [0.1, 0.15) is 0 Å². The van der Waals surface area contributed by atoms with Gasteiger partial charge in [-0.25, -0.2) is 8.42 Å². The smallest absolute Gasteiger partial charge is 0.239 e. The lowest BCUT2D eigenvalue weighted by molar-refractivity contribution is -0.116. The number of aryl methyl sites for hydroxylation is 1. The predicted octanol–water partition coefficient (Wildman–Crippen LogP) is 3.00. The number of carbonyl (C=O) groups is 1. The van der Waals surface area contributed by atoms with Gasteiger partial charge in [-0.15, -0.1) is 0 Å². The Morgan fingerprint density at radius 1 is 1.36 bits per heavy atom. The van der Waals surface area contributed by atoms with Crippen molar-refractivity contribution in [2.75, 3.05) is 24.7 Å². The van der Waals surface area contributed by atoms with E-state index in [1.165, 1.54) is 4.31 Å². The van der Waals surface area contributed by atoms with E-state index in [2.05, 4.69) is 21.2 Å². The number of benzene rings is 1. The van der Waals surface area contributed by atoms with Crippen molar-refractivity contribution in [2.45, 2.75) is 27.2 Å². The molecular weight excluding hydrogens is 368 g/mol. The number of hydrogen-bond acceptors (Lipinski definition) is 3. The molecule has 0 fully saturated rings. The number of amides is 1. The zero-order chi connectivity index (χ0) is 16.9. The summed E-state index contributed by atoms with van der Waals surface area (Å²) in [6.07, 6.45) is 1.85. The van der Waals surface area contributed by atoms with Gasteiger partial charge in [-0.1, -0.05) is 29.8 Å². The Bertz CT molecular complexity index is 630. The number of carbonyl (C=O) groups excluding carboxylic acids is 1. The summed E-state index contributed by atoms with van der Waals surface area (Å²) < 4.78 is 25.7. The van der Waals surface area contributed by atoms with E-state index in [-0.39, 0.29) is 12.5 Å². The molecule has 0 spiro atoms. The van der Waals surface area contributed by atoms with E-state index >= 15 is 0 Å². The van der Waals surface area contributed by atoms with Crippen molar-refractivity contribution < 1.29 is 13.2 Å². The lowest BCUT2D eigenvalue weighted by Gasteiger charge is -2.20. The van der Waals surface area contributed by atoms with Crippen molar-refractivity contribution in [3.05, 3.63) is 28.2 Å². The average Bonchev–Trinajstić information content (AvgIpc) is 2.37. The molecule has 0 aliphatic carbocycles. The highest BCUT2D eigenvalue weighted by Crippen LogP contribution is 2.20. The van der Waals surface area contributed by atoms with E-state index in [1.54, 1.807) is 6.07 Å². The van der Waals surface area contributed by atoms with Crippen molar-refractivity contribution in [3.63, 3.8) is 0 Å². The molecule has 22 heavy (non-hydrogen) atoms. The number of sulfonamides is 1. The van der Waals surface area contributed by atoms with Gasteiger partial charge in [0, 0.05) is 16.7 Å². The van der Waals surface area contributed by atoms with Crippen LogP contribution in [-0.4, -0.2) is 38.0 Å². The van der Waals surface area contributed by atoms with E-state index in [0.717, 1.165) is 22.7 Å². The number of halogens is 1. The largest absolute Gasteiger partial charge is 0.325 e. The van der Waals surface area contributed by atoms with Gasteiger partial charge in [0.2, 0.25) is 15.9 Å². The third kappa shape index (κ3) is 6.46. The van der Waals surface area contributed by atoms with Crippen molar-refractivity contribution in [1.82, 2.24) is 4.31 Å². The molecule has 0 saturated heterocycles. The standard InChI is InChI=1S/C15H23BrN2O3S/c1-11(2)7-8-18(22(4,20)21)10-15(19)17-13-5-6-14(16)12(3)9-13/h5-6,9,11H,7-8,10H2,1-4H3,(H,17,19). The van der Waals surface area contributed by atoms with Crippen LogP contribution >= 0.6 is 15.9 Å². The molecule has 0 unspecified atom stereocenters. The van der Waals surface area contributed by atoms with Crippen molar-refractivity contribution in [3.8, 4) is 0 Å². The van der Waals surface area contributed by atoms with Crippen LogP contribution in [0.3, 0.4) is 0 Å². The molecule has 0 aromatic heterocycles. The predicted molar refractivity (Wildman–Crippen MR) is 93.4 cm³/mol. The first-order valence-corrected chi connectivity index (χ1v) is 9.75. The average molecular weight is 391 g/mol. The summed E-state index contributed by atoms with van der Waals surface area (Å²) in [6.45, 7) is 6.14. The first kappa shape index (κ1) is 19.1. The van der Waals surface area contributed by atoms with Gasteiger partial charge in [0.25, 0.3) is 0 Å². The van der Waals surface area contributed by atoms with Crippen LogP contribution in [0.4, 0.5) is 5.69 Å². The van der Waals surface area contributed by atoms with E-state index in [4.69, 9.17) is 0 Å². The van der Waals surface area contributed by atoms with Crippen LogP contribution in [0.2, 0.25) is 0 Å². The maximum atomic E-state index is 12.1. The molecule has 0 atom stereocenters. The van der Waals surface area contributed by atoms with E-state index in [1.807, 2.05) is 32.9 Å². The summed E-state index contributed by atoms with van der Waals surface area (Å²) in [4.78, 5) is 12.1. The summed E-state index contributed by atoms with van der Waals surface area (Å²) in [5, 5.41) is 2.73. The minimum absolute atomic E-state index is 0.166. The normalized spacial score (nSPS) is 12.0. The molecule has 5 nitrogen and oxygen atoms in total. The fourth-order valence-electron chi connectivity index (χ4n) is 1.85. The Labute approximate surface area is 141 Å². The number of nitrogens with one attached hydrogen (secondary N) is 1. The highest BCUT2D eigenvalue weighted by molar-refractivity contribution is 9.10. The third-order valence-electron chi connectivity index (χ3n) is 3.19. The molecule has 1 N–H and O–H groups in total. The molecule has 124 valence electrons. The molecule has 0 saturated carbocycles. The summed E-state index contributed by atoms with van der Waals surface area (Å²) >= 11 is 3.40. The second kappa shape index (κ2) is 8.08. The van der Waals surface area contributed by atoms with Crippen LogP contribution in [0.5, 0.6) is 0 Å². The van der Waals surface area contributed by atoms with E-state index in [9.17, 15) is 13.2 Å². The number of hydrogen-bond donors (Lipinski definition) is 1. The Balaban J connectivity index is 2.72. The van der Waals surface area contributed by atoms with Gasteiger partial charge >= 0.3 is 0 Å². The number of anilines is 1. The molecule has 0 heterocycles. The van der Waals surface area contributed by atoms with Crippen molar-refractivity contribution in [2.24, 2.45) is 5.92 Å². The maximum absolute atomic E-state index is 12.1. The van der Waals surface area contributed by atoms with Crippen LogP contribution in [0.25, 0.3) is 0 Å². The number of nitrogens with zero attached hydrogens (tertiary/aromatic N) is 1.